The molecule has 1 heterocycles. The van der Waals surface area contributed by atoms with Crippen LogP contribution in [0.25, 0.3) is 0 Å². The fourth-order valence-electron chi connectivity index (χ4n) is 1.09. The monoisotopic (exact) mass is 195 g/mol. The average molecular weight is 195 g/mol. The van der Waals surface area contributed by atoms with E-state index >= 15 is 0 Å². The summed E-state index contributed by atoms with van der Waals surface area (Å²) in [6.45, 7) is 6.22. The van der Waals surface area contributed by atoms with Crippen LogP contribution in [-0.4, -0.2) is 33.7 Å². The second kappa shape index (κ2) is 4.26. The third kappa shape index (κ3) is 2.58. The molecule has 0 aliphatic rings. The first kappa shape index (κ1) is 10.8. The second-order valence-corrected chi connectivity index (χ2v) is 3.75. The van der Waals surface area contributed by atoms with Gasteiger partial charge in [0.1, 0.15) is 6.54 Å². The molecule has 0 fully saturated rings. The summed E-state index contributed by atoms with van der Waals surface area (Å²) in [5, 5.41) is 4.16. The van der Waals surface area contributed by atoms with Crippen LogP contribution in [0.3, 0.4) is 0 Å². The minimum atomic E-state index is 0.0862. The quantitative estimate of drug-likeness (QED) is 0.723. The normalized spacial score (nSPS) is 10.6. The standard InChI is InChI=1S/C10H17N3O/c1-8(2)12(4)10(14)7-13-6-5-9(3)11-13/h5-6,8H,7H2,1-4H3. The maximum atomic E-state index is 11.6. The van der Waals surface area contributed by atoms with Crippen LogP contribution in [0.5, 0.6) is 0 Å². The highest BCUT2D eigenvalue weighted by molar-refractivity contribution is 5.75. The molecule has 0 saturated heterocycles. The summed E-state index contributed by atoms with van der Waals surface area (Å²) in [6.07, 6.45) is 1.82. The number of hydrogen-bond acceptors (Lipinski definition) is 2. The summed E-state index contributed by atoms with van der Waals surface area (Å²) in [6, 6.07) is 2.13. The molecule has 4 nitrogen and oxygen atoms in total. The van der Waals surface area contributed by atoms with Gasteiger partial charge in [0.15, 0.2) is 0 Å². The third-order valence-corrected chi connectivity index (χ3v) is 2.24. The van der Waals surface area contributed by atoms with Crippen molar-refractivity contribution in [3.8, 4) is 0 Å². The number of carbonyl (C=O) groups is 1. The number of aromatic nitrogens is 2. The molecule has 78 valence electrons. The molecule has 4 heteroatoms. The van der Waals surface area contributed by atoms with Crippen LogP contribution in [0.15, 0.2) is 12.3 Å². The maximum absolute atomic E-state index is 11.6. The van der Waals surface area contributed by atoms with Gasteiger partial charge >= 0.3 is 0 Å². The van der Waals surface area contributed by atoms with Gasteiger partial charge in [-0.25, -0.2) is 0 Å². The largest absolute Gasteiger partial charge is 0.342 e. The zero-order valence-electron chi connectivity index (χ0n) is 9.19. The highest BCUT2D eigenvalue weighted by Crippen LogP contribution is 1.98. The summed E-state index contributed by atoms with van der Waals surface area (Å²) in [5.41, 5.74) is 0.935. The van der Waals surface area contributed by atoms with Crippen LogP contribution >= 0.6 is 0 Å². The van der Waals surface area contributed by atoms with E-state index in [2.05, 4.69) is 5.10 Å². The van der Waals surface area contributed by atoms with Crippen LogP contribution in [0.2, 0.25) is 0 Å². The van der Waals surface area contributed by atoms with Crippen molar-refractivity contribution in [2.24, 2.45) is 0 Å². The molecule has 0 spiro atoms. The number of hydrogen-bond donors (Lipinski definition) is 0. The average Bonchev–Trinajstić information content (AvgIpc) is 2.49. The van der Waals surface area contributed by atoms with Crippen LogP contribution < -0.4 is 0 Å². The Morgan fingerprint density at radius 3 is 2.71 bits per heavy atom. The van der Waals surface area contributed by atoms with Crippen molar-refractivity contribution in [2.75, 3.05) is 7.05 Å². The first-order chi connectivity index (χ1) is 6.50. The van der Waals surface area contributed by atoms with E-state index in [0.29, 0.717) is 6.54 Å². The number of rotatable bonds is 3. The number of aryl methyl sites for hydroxylation is 1. The third-order valence-electron chi connectivity index (χ3n) is 2.24. The summed E-state index contributed by atoms with van der Waals surface area (Å²) < 4.78 is 1.66. The molecule has 1 amide bonds. The van der Waals surface area contributed by atoms with Gasteiger partial charge in [-0.3, -0.25) is 9.48 Å². The van der Waals surface area contributed by atoms with Crippen LogP contribution in [-0.2, 0) is 11.3 Å². The predicted molar refractivity (Wildman–Crippen MR) is 54.9 cm³/mol. The molecule has 0 saturated carbocycles. The van der Waals surface area contributed by atoms with E-state index < -0.39 is 0 Å². The Kier molecular flexibility index (Phi) is 3.28. The lowest BCUT2D eigenvalue weighted by Crippen LogP contribution is -2.35. The van der Waals surface area contributed by atoms with Gasteiger partial charge in [-0.2, -0.15) is 5.10 Å². The lowest BCUT2D eigenvalue weighted by atomic mass is 10.3. The fourth-order valence-corrected chi connectivity index (χ4v) is 1.09. The lowest BCUT2D eigenvalue weighted by Gasteiger charge is -2.21. The van der Waals surface area contributed by atoms with E-state index in [9.17, 15) is 4.79 Å². The molecular formula is C10H17N3O. The smallest absolute Gasteiger partial charge is 0.244 e. The predicted octanol–water partition coefficient (Wildman–Crippen LogP) is 1.06. The van der Waals surface area contributed by atoms with E-state index in [1.54, 1.807) is 9.58 Å². The van der Waals surface area contributed by atoms with E-state index in [0.717, 1.165) is 5.69 Å². The summed E-state index contributed by atoms with van der Waals surface area (Å²) in [4.78, 5) is 13.3. The second-order valence-electron chi connectivity index (χ2n) is 3.75. The van der Waals surface area contributed by atoms with Crippen molar-refractivity contribution in [3.05, 3.63) is 18.0 Å². The minimum Gasteiger partial charge on any atom is -0.342 e. The molecule has 0 atom stereocenters. The lowest BCUT2D eigenvalue weighted by molar-refractivity contribution is -0.132. The summed E-state index contributed by atoms with van der Waals surface area (Å²) >= 11 is 0. The molecule has 0 aliphatic heterocycles. The van der Waals surface area contributed by atoms with Gasteiger partial charge in [-0.15, -0.1) is 0 Å². The van der Waals surface area contributed by atoms with E-state index in [4.69, 9.17) is 0 Å². The van der Waals surface area contributed by atoms with Gasteiger partial charge in [-0.05, 0) is 26.8 Å². The van der Waals surface area contributed by atoms with E-state index in [-0.39, 0.29) is 11.9 Å². The molecule has 0 aliphatic carbocycles. The Morgan fingerprint density at radius 2 is 2.29 bits per heavy atom. The summed E-state index contributed by atoms with van der Waals surface area (Å²) in [7, 11) is 1.81. The highest BCUT2D eigenvalue weighted by atomic mass is 16.2. The molecule has 0 N–H and O–H groups in total. The van der Waals surface area contributed by atoms with Crippen molar-refractivity contribution >= 4 is 5.91 Å². The Labute approximate surface area is 84.5 Å². The van der Waals surface area contributed by atoms with Crippen molar-refractivity contribution in [3.63, 3.8) is 0 Å². The Balaban J connectivity index is 2.57. The molecule has 14 heavy (non-hydrogen) atoms. The van der Waals surface area contributed by atoms with Crippen molar-refractivity contribution in [1.82, 2.24) is 14.7 Å². The summed E-state index contributed by atoms with van der Waals surface area (Å²) in [5.74, 6) is 0.0862. The maximum Gasteiger partial charge on any atom is 0.244 e. The Hall–Kier alpha value is -1.32. The van der Waals surface area contributed by atoms with Crippen LogP contribution in [0, 0.1) is 6.92 Å². The van der Waals surface area contributed by atoms with Crippen LogP contribution in [0.4, 0.5) is 0 Å². The number of amides is 1. The molecular weight excluding hydrogens is 178 g/mol. The fraction of sp³-hybridized carbons (Fsp3) is 0.600. The Bertz CT molecular complexity index is 317. The van der Waals surface area contributed by atoms with Gasteiger partial charge < -0.3 is 4.90 Å². The molecule has 0 aromatic carbocycles. The zero-order valence-corrected chi connectivity index (χ0v) is 9.19. The number of likely N-dealkylation sites (N-methyl/N-ethyl adjacent to an activating group) is 1. The minimum absolute atomic E-state index is 0.0862. The molecule has 0 unspecified atom stereocenters. The topological polar surface area (TPSA) is 38.1 Å². The van der Waals surface area contributed by atoms with E-state index in [1.807, 2.05) is 40.1 Å². The van der Waals surface area contributed by atoms with Crippen molar-refractivity contribution in [2.45, 2.75) is 33.4 Å². The molecule has 0 radical (unpaired) electrons. The van der Waals surface area contributed by atoms with Crippen molar-refractivity contribution in [1.29, 1.82) is 0 Å². The van der Waals surface area contributed by atoms with Gasteiger partial charge in [0.2, 0.25) is 5.91 Å². The first-order valence-electron chi connectivity index (χ1n) is 4.76. The molecule has 1 rings (SSSR count). The highest BCUT2D eigenvalue weighted by Gasteiger charge is 2.12. The van der Waals surface area contributed by atoms with E-state index in [1.165, 1.54) is 0 Å². The van der Waals surface area contributed by atoms with Gasteiger partial charge in [0.25, 0.3) is 0 Å². The molecule has 1 aromatic heterocycles. The first-order valence-corrected chi connectivity index (χ1v) is 4.76. The van der Waals surface area contributed by atoms with Gasteiger partial charge in [0, 0.05) is 19.3 Å². The number of nitrogens with zero attached hydrogens (tertiary/aromatic N) is 3. The number of carbonyl (C=O) groups excluding carboxylic acids is 1. The zero-order chi connectivity index (χ0) is 10.7. The van der Waals surface area contributed by atoms with Crippen molar-refractivity contribution < 1.29 is 4.79 Å². The Morgan fingerprint density at radius 1 is 1.64 bits per heavy atom. The van der Waals surface area contributed by atoms with Gasteiger partial charge in [-0.1, -0.05) is 0 Å². The van der Waals surface area contributed by atoms with Crippen LogP contribution in [0.1, 0.15) is 19.5 Å². The SMILES string of the molecule is Cc1ccn(CC(=O)N(C)C(C)C)n1. The van der Waals surface area contributed by atoms with Gasteiger partial charge in [0.05, 0.1) is 5.69 Å². The molecule has 0 bridgehead atoms. The molecule has 1 aromatic rings.